The second-order valence-corrected chi connectivity index (χ2v) is 13.4. The summed E-state index contributed by atoms with van der Waals surface area (Å²) in [6.07, 6.45) is 5.88. The van der Waals surface area contributed by atoms with Gasteiger partial charge in [-0.25, -0.2) is 13.4 Å². The summed E-state index contributed by atoms with van der Waals surface area (Å²) < 4.78 is 29.1. The quantitative estimate of drug-likeness (QED) is 0.317. The molecule has 0 atom stereocenters. The van der Waals surface area contributed by atoms with Crippen molar-refractivity contribution >= 4 is 55.0 Å². The standard InChI is InChI=1S/C28H38N4O3S2.ClH/c1-20-18-21(2)26-25(19-20)36-28(29-26)32(17-9-16-30(3)4)27(33)22-12-14-24(15-13-22)37(34,35)31(5)23-10-7-6-8-11-23;/h12-15,18-19,23H,6-11,16-17H2,1-5H3;1H. The Morgan fingerprint density at radius 2 is 1.66 bits per heavy atom. The van der Waals surface area contributed by atoms with Gasteiger partial charge in [0.15, 0.2) is 5.13 Å². The molecule has 0 radical (unpaired) electrons. The molecule has 10 heteroatoms. The van der Waals surface area contributed by atoms with Gasteiger partial charge >= 0.3 is 0 Å². The minimum atomic E-state index is -3.61. The lowest BCUT2D eigenvalue weighted by Crippen LogP contribution is -2.38. The lowest BCUT2D eigenvalue weighted by molar-refractivity contribution is 0.0986. The number of aromatic nitrogens is 1. The third-order valence-corrected chi connectivity index (χ3v) is 10.1. The number of aryl methyl sites for hydroxylation is 2. The van der Waals surface area contributed by atoms with Crippen molar-refractivity contribution in [2.75, 3.05) is 39.1 Å². The molecule has 0 N–H and O–H groups in total. The molecule has 7 nitrogen and oxygen atoms in total. The largest absolute Gasteiger partial charge is 0.309 e. The van der Waals surface area contributed by atoms with Gasteiger partial charge in [-0.2, -0.15) is 4.31 Å². The number of sulfonamides is 1. The number of nitrogens with zero attached hydrogens (tertiary/aromatic N) is 4. The van der Waals surface area contributed by atoms with Crippen LogP contribution in [0.2, 0.25) is 0 Å². The minimum absolute atomic E-state index is 0. The van der Waals surface area contributed by atoms with E-state index in [1.54, 1.807) is 36.2 Å². The van der Waals surface area contributed by atoms with Crippen LogP contribution in [0, 0.1) is 13.8 Å². The van der Waals surface area contributed by atoms with Crippen LogP contribution in [-0.2, 0) is 10.0 Å². The number of hydrogen-bond acceptors (Lipinski definition) is 6. The van der Waals surface area contributed by atoms with E-state index in [4.69, 9.17) is 4.98 Å². The zero-order chi connectivity index (χ0) is 26.7. The Labute approximate surface area is 237 Å². The molecular formula is C28H39ClN4O3S2. The number of rotatable bonds is 9. The predicted molar refractivity (Wildman–Crippen MR) is 159 cm³/mol. The summed E-state index contributed by atoms with van der Waals surface area (Å²) in [5, 5.41) is 0.668. The highest BCUT2D eigenvalue weighted by molar-refractivity contribution is 7.89. The fourth-order valence-corrected chi connectivity index (χ4v) is 7.62. The van der Waals surface area contributed by atoms with Crippen LogP contribution < -0.4 is 4.90 Å². The average Bonchev–Trinajstić information content (AvgIpc) is 3.30. The molecule has 0 spiro atoms. The maximum atomic E-state index is 13.7. The molecule has 3 aromatic rings. The van der Waals surface area contributed by atoms with Crippen LogP contribution >= 0.6 is 23.7 Å². The first-order chi connectivity index (χ1) is 17.6. The molecule has 1 aromatic heterocycles. The Balaban J connectivity index is 0.00000400. The fraction of sp³-hybridized carbons (Fsp3) is 0.500. The number of hydrogen-bond donors (Lipinski definition) is 0. The van der Waals surface area contributed by atoms with E-state index >= 15 is 0 Å². The van der Waals surface area contributed by atoms with Crippen molar-refractivity contribution in [3.8, 4) is 0 Å². The molecule has 208 valence electrons. The monoisotopic (exact) mass is 578 g/mol. The molecule has 0 saturated heterocycles. The van der Waals surface area contributed by atoms with Gasteiger partial charge < -0.3 is 4.90 Å². The first-order valence-electron chi connectivity index (χ1n) is 13.0. The van der Waals surface area contributed by atoms with Crippen LogP contribution in [0.3, 0.4) is 0 Å². The third-order valence-electron chi connectivity index (χ3n) is 7.15. The molecule has 1 aliphatic rings. The van der Waals surface area contributed by atoms with Crippen molar-refractivity contribution in [2.45, 2.75) is 63.3 Å². The Morgan fingerprint density at radius 3 is 2.29 bits per heavy atom. The van der Waals surface area contributed by atoms with Gasteiger partial charge in [0.1, 0.15) is 0 Å². The zero-order valence-electron chi connectivity index (χ0n) is 22.9. The van der Waals surface area contributed by atoms with Crippen LogP contribution in [0.5, 0.6) is 0 Å². The Kier molecular flexibility index (Phi) is 10.3. The van der Waals surface area contributed by atoms with Crippen molar-refractivity contribution < 1.29 is 13.2 Å². The van der Waals surface area contributed by atoms with Gasteiger partial charge in [0.05, 0.1) is 15.1 Å². The topological polar surface area (TPSA) is 73.8 Å². The van der Waals surface area contributed by atoms with Crippen molar-refractivity contribution in [1.82, 2.24) is 14.2 Å². The van der Waals surface area contributed by atoms with Gasteiger partial charge in [0.2, 0.25) is 10.0 Å². The fourth-order valence-electron chi connectivity index (χ4n) is 5.04. The molecule has 1 saturated carbocycles. The Bertz CT molecular complexity index is 1350. The second kappa shape index (κ2) is 12.9. The van der Waals surface area contributed by atoms with Gasteiger partial charge in [-0.15, -0.1) is 12.4 Å². The summed E-state index contributed by atoms with van der Waals surface area (Å²) in [5.74, 6) is -0.170. The number of thiazole rings is 1. The maximum Gasteiger partial charge on any atom is 0.260 e. The van der Waals surface area contributed by atoms with E-state index in [-0.39, 0.29) is 29.3 Å². The van der Waals surface area contributed by atoms with Gasteiger partial charge in [-0.1, -0.05) is 36.7 Å². The highest BCUT2D eigenvalue weighted by atomic mass is 35.5. The molecule has 1 fully saturated rings. The Morgan fingerprint density at radius 1 is 1.00 bits per heavy atom. The smallest absolute Gasteiger partial charge is 0.260 e. The number of carbonyl (C=O) groups is 1. The SMILES string of the molecule is Cc1cc(C)c2nc(N(CCCN(C)C)C(=O)c3ccc(S(=O)(=O)N(C)C4CCCCC4)cc3)sc2c1.Cl. The second-order valence-electron chi connectivity index (χ2n) is 10.4. The van der Waals surface area contributed by atoms with Crippen molar-refractivity contribution in [1.29, 1.82) is 0 Å². The third kappa shape index (κ3) is 6.74. The first-order valence-corrected chi connectivity index (χ1v) is 15.3. The summed E-state index contributed by atoms with van der Waals surface area (Å²) in [5.41, 5.74) is 3.63. The molecular weight excluding hydrogens is 540 g/mol. The highest BCUT2D eigenvalue weighted by Gasteiger charge is 2.29. The molecule has 2 aromatic carbocycles. The summed E-state index contributed by atoms with van der Waals surface area (Å²) >= 11 is 1.52. The van der Waals surface area contributed by atoms with Crippen molar-refractivity contribution in [2.24, 2.45) is 0 Å². The van der Waals surface area contributed by atoms with Crippen LogP contribution in [0.4, 0.5) is 5.13 Å². The molecule has 38 heavy (non-hydrogen) atoms. The van der Waals surface area contributed by atoms with Gasteiger partial charge in [0.25, 0.3) is 5.91 Å². The lowest BCUT2D eigenvalue weighted by atomic mass is 9.96. The van der Waals surface area contributed by atoms with Gasteiger partial charge in [0, 0.05) is 25.2 Å². The molecule has 0 unspecified atom stereocenters. The van der Waals surface area contributed by atoms with Crippen LogP contribution in [-0.4, -0.2) is 68.8 Å². The summed E-state index contributed by atoms with van der Waals surface area (Å²) in [6, 6.07) is 10.6. The van der Waals surface area contributed by atoms with Crippen LogP contribution in [0.25, 0.3) is 10.2 Å². The van der Waals surface area contributed by atoms with E-state index < -0.39 is 10.0 Å². The molecule has 1 heterocycles. The molecule has 0 bridgehead atoms. The van der Waals surface area contributed by atoms with E-state index in [0.29, 0.717) is 17.2 Å². The Hall–Kier alpha value is -2.04. The number of amides is 1. The predicted octanol–water partition coefficient (Wildman–Crippen LogP) is 5.89. The van der Waals surface area contributed by atoms with Crippen molar-refractivity contribution in [3.05, 3.63) is 53.1 Å². The minimum Gasteiger partial charge on any atom is -0.309 e. The van der Waals surface area contributed by atoms with Gasteiger partial charge in [-0.05, 0) is 95.2 Å². The number of anilines is 1. The normalized spacial score (nSPS) is 14.7. The van der Waals surface area contributed by atoms with Gasteiger partial charge in [-0.3, -0.25) is 9.69 Å². The van der Waals surface area contributed by atoms with E-state index in [0.717, 1.165) is 54.4 Å². The molecule has 4 rings (SSSR count). The summed E-state index contributed by atoms with van der Waals surface area (Å²) in [4.78, 5) is 22.6. The van der Waals surface area contributed by atoms with Crippen molar-refractivity contribution in [3.63, 3.8) is 0 Å². The van der Waals surface area contributed by atoms with E-state index in [1.807, 2.05) is 21.0 Å². The van der Waals surface area contributed by atoms with E-state index in [1.165, 1.54) is 27.6 Å². The highest BCUT2D eigenvalue weighted by Crippen LogP contribution is 2.33. The number of halogens is 1. The average molecular weight is 579 g/mol. The van der Waals surface area contributed by atoms with E-state index in [9.17, 15) is 13.2 Å². The number of carbonyl (C=O) groups excluding carboxylic acids is 1. The molecule has 1 aliphatic carbocycles. The summed E-state index contributed by atoms with van der Waals surface area (Å²) in [7, 11) is 2.09. The lowest BCUT2D eigenvalue weighted by Gasteiger charge is -2.30. The molecule has 1 amide bonds. The van der Waals surface area contributed by atoms with E-state index in [2.05, 4.69) is 24.0 Å². The van der Waals surface area contributed by atoms with Crippen LogP contribution in [0.1, 0.15) is 60.0 Å². The zero-order valence-corrected chi connectivity index (χ0v) is 25.4. The van der Waals surface area contributed by atoms with Crippen LogP contribution in [0.15, 0.2) is 41.3 Å². The number of fused-ring (bicyclic) bond motifs is 1. The number of benzene rings is 2. The molecule has 0 aliphatic heterocycles. The first kappa shape index (κ1) is 30.5. The maximum absolute atomic E-state index is 13.7. The summed E-state index contributed by atoms with van der Waals surface area (Å²) in [6.45, 7) is 5.48.